The molecule has 6 nitrogen and oxygen atoms in total. The van der Waals surface area contributed by atoms with Gasteiger partial charge in [-0.3, -0.25) is 14.5 Å². The van der Waals surface area contributed by atoms with Gasteiger partial charge in [0.2, 0.25) is 5.91 Å². The van der Waals surface area contributed by atoms with Gasteiger partial charge in [0.25, 0.3) is 5.56 Å². The zero-order valence-electron chi connectivity index (χ0n) is 18.1. The second-order valence-corrected chi connectivity index (χ2v) is 8.77. The summed E-state index contributed by atoms with van der Waals surface area (Å²) in [5.74, 6) is -1.04. The maximum absolute atomic E-state index is 14.6. The molecule has 1 saturated heterocycles. The number of hydrogen-bond acceptors (Lipinski definition) is 4. The van der Waals surface area contributed by atoms with Gasteiger partial charge in [-0.1, -0.05) is 54.6 Å². The number of carbonyl (C=O) groups is 1. The number of benzene rings is 2. The van der Waals surface area contributed by atoms with Crippen molar-refractivity contribution < 1.29 is 14.3 Å². The van der Waals surface area contributed by atoms with Crippen molar-refractivity contribution in [1.82, 2.24) is 14.8 Å². The Bertz CT molecular complexity index is 1210. The van der Waals surface area contributed by atoms with Crippen molar-refractivity contribution in [3.8, 4) is 0 Å². The quantitative estimate of drug-likeness (QED) is 0.609. The van der Waals surface area contributed by atoms with Crippen LogP contribution in [0.4, 0.5) is 4.39 Å². The summed E-state index contributed by atoms with van der Waals surface area (Å²) in [7, 11) is 0. The average Bonchev–Trinajstić information content (AvgIpc) is 3.35. The van der Waals surface area contributed by atoms with Gasteiger partial charge in [-0.2, -0.15) is 0 Å². The first-order chi connectivity index (χ1) is 16.1. The number of nitrogens with zero attached hydrogens (tertiary/aromatic N) is 2. The Hall–Kier alpha value is -3.29. The van der Waals surface area contributed by atoms with Crippen LogP contribution in [-0.4, -0.2) is 33.1 Å². The van der Waals surface area contributed by atoms with Crippen LogP contribution >= 0.6 is 0 Å². The van der Waals surface area contributed by atoms with E-state index in [0.29, 0.717) is 18.7 Å². The molecule has 0 radical (unpaired) electrons. The number of aliphatic hydroxyl groups excluding tert-OH is 1. The van der Waals surface area contributed by atoms with Gasteiger partial charge in [-0.15, -0.1) is 0 Å². The van der Waals surface area contributed by atoms with E-state index in [2.05, 4.69) is 5.32 Å². The van der Waals surface area contributed by atoms with Crippen molar-refractivity contribution in [3.63, 3.8) is 0 Å². The van der Waals surface area contributed by atoms with Crippen LogP contribution in [0.15, 0.2) is 77.6 Å². The Kier molecular flexibility index (Phi) is 5.83. The number of amides is 1. The molecule has 1 amide bonds. The number of rotatable bonds is 6. The minimum atomic E-state index is -0.641. The minimum absolute atomic E-state index is 0.102. The Morgan fingerprint density at radius 3 is 2.55 bits per heavy atom. The van der Waals surface area contributed by atoms with Crippen LogP contribution in [0.2, 0.25) is 0 Å². The van der Waals surface area contributed by atoms with E-state index < -0.39 is 6.04 Å². The van der Waals surface area contributed by atoms with Gasteiger partial charge < -0.3 is 15.0 Å². The molecule has 2 aliphatic heterocycles. The monoisotopic (exact) mass is 447 g/mol. The first-order valence-electron chi connectivity index (χ1n) is 11.2. The van der Waals surface area contributed by atoms with E-state index in [9.17, 15) is 19.1 Å². The highest BCUT2D eigenvalue weighted by Gasteiger charge is 2.55. The Morgan fingerprint density at radius 2 is 1.79 bits per heavy atom. The van der Waals surface area contributed by atoms with Gasteiger partial charge in [0.1, 0.15) is 5.82 Å². The summed E-state index contributed by atoms with van der Waals surface area (Å²) in [5, 5.41) is 13.3. The SMILES string of the molecule is O=C(NCc1ccccc1)[C@@H]1[C@@H](CO)[C@@H]2Cn3c(cccc3=O)[C@@H]2N1Cc1ccccc1F. The molecule has 2 N–H and O–H groups in total. The van der Waals surface area contributed by atoms with Crippen LogP contribution in [0, 0.1) is 17.7 Å². The standard InChI is InChI=1S/C26H26FN3O3/c27-21-10-5-4-9-18(21)14-30-24-19(15-29-22(24)11-6-12-23(29)32)20(16-31)25(30)26(33)28-13-17-7-2-1-3-8-17/h1-12,19-20,24-25,31H,13-16H2,(H,28,33)/t19-,20-,24+,25-/m0/s1. The zero-order valence-corrected chi connectivity index (χ0v) is 18.1. The topological polar surface area (TPSA) is 74.6 Å². The molecule has 1 fully saturated rings. The highest BCUT2D eigenvalue weighted by atomic mass is 19.1. The van der Waals surface area contributed by atoms with Gasteiger partial charge in [0.05, 0.1) is 12.1 Å². The summed E-state index contributed by atoms with van der Waals surface area (Å²) in [6.45, 7) is 0.812. The van der Waals surface area contributed by atoms with Crippen LogP contribution < -0.4 is 10.9 Å². The summed E-state index contributed by atoms with van der Waals surface area (Å²) in [4.78, 5) is 27.9. The van der Waals surface area contributed by atoms with Crippen molar-refractivity contribution in [2.75, 3.05) is 6.61 Å². The predicted molar refractivity (Wildman–Crippen MR) is 122 cm³/mol. The number of carbonyl (C=O) groups excluding carboxylic acids is 1. The Balaban J connectivity index is 1.51. The van der Waals surface area contributed by atoms with E-state index >= 15 is 0 Å². The van der Waals surface area contributed by atoms with E-state index in [4.69, 9.17) is 0 Å². The molecule has 1 aromatic heterocycles. The lowest BCUT2D eigenvalue weighted by Gasteiger charge is -2.31. The molecule has 170 valence electrons. The molecule has 33 heavy (non-hydrogen) atoms. The minimum Gasteiger partial charge on any atom is -0.396 e. The third-order valence-corrected chi connectivity index (χ3v) is 6.96. The lowest BCUT2D eigenvalue weighted by atomic mass is 9.88. The second-order valence-electron chi connectivity index (χ2n) is 8.77. The summed E-state index contributed by atoms with van der Waals surface area (Å²) < 4.78 is 16.3. The normalized spacial score (nSPS) is 23.8. The van der Waals surface area contributed by atoms with Gasteiger partial charge in [0.15, 0.2) is 0 Å². The predicted octanol–water partition coefficient (Wildman–Crippen LogP) is 2.47. The lowest BCUT2D eigenvalue weighted by molar-refractivity contribution is -0.128. The van der Waals surface area contributed by atoms with Crippen molar-refractivity contribution in [1.29, 1.82) is 0 Å². The van der Waals surface area contributed by atoms with Crippen LogP contribution in [0.25, 0.3) is 0 Å². The van der Waals surface area contributed by atoms with Crippen LogP contribution in [-0.2, 0) is 24.4 Å². The number of fused-ring (bicyclic) bond motifs is 3. The molecule has 3 aromatic rings. The van der Waals surface area contributed by atoms with Crippen LogP contribution in [0.3, 0.4) is 0 Å². The van der Waals surface area contributed by atoms with E-state index in [1.54, 1.807) is 28.8 Å². The number of hydrogen-bond donors (Lipinski definition) is 2. The maximum Gasteiger partial charge on any atom is 0.250 e. The first-order valence-corrected chi connectivity index (χ1v) is 11.2. The molecule has 0 aliphatic carbocycles. The highest BCUT2D eigenvalue weighted by Crippen LogP contribution is 2.49. The van der Waals surface area contributed by atoms with Crippen LogP contribution in [0.5, 0.6) is 0 Å². The van der Waals surface area contributed by atoms with Crippen molar-refractivity contribution >= 4 is 5.91 Å². The smallest absolute Gasteiger partial charge is 0.250 e. The molecule has 0 saturated carbocycles. The van der Waals surface area contributed by atoms with Crippen molar-refractivity contribution in [3.05, 3.63) is 106 Å². The lowest BCUT2D eigenvalue weighted by Crippen LogP contribution is -2.48. The molecule has 2 aromatic carbocycles. The fourth-order valence-electron chi connectivity index (χ4n) is 5.45. The summed E-state index contributed by atoms with van der Waals surface area (Å²) in [6.07, 6.45) is 0. The molecule has 2 aliphatic rings. The molecular weight excluding hydrogens is 421 g/mol. The summed E-state index contributed by atoms with van der Waals surface area (Å²) >= 11 is 0. The number of aliphatic hydroxyl groups is 1. The Morgan fingerprint density at radius 1 is 1.03 bits per heavy atom. The van der Waals surface area contributed by atoms with Crippen molar-refractivity contribution in [2.45, 2.75) is 31.7 Å². The fraction of sp³-hybridized carbons (Fsp3) is 0.308. The third kappa shape index (κ3) is 3.87. The largest absolute Gasteiger partial charge is 0.396 e. The number of nitrogens with one attached hydrogen (secondary N) is 1. The molecule has 0 bridgehead atoms. The molecular formula is C26H26FN3O3. The molecule has 0 unspecified atom stereocenters. The first kappa shape index (κ1) is 21.6. The fourth-order valence-corrected chi connectivity index (χ4v) is 5.45. The maximum atomic E-state index is 14.6. The number of pyridine rings is 1. The third-order valence-electron chi connectivity index (χ3n) is 6.96. The highest BCUT2D eigenvalue weighted by molar-refractivity contribution is 5.82. The van der Waals surface area contributed by atoms with Gasteiger partial charge in [-0.25, -0.2) is 4.39 Å². The van der Waals surface area contributed by atoms with E-state index in [1.807, 2.05) is 41.3 Å². The zero-order chi connectivity index (χ0) is 22.9. The van der Waals surface area contributed by atoms with Crippen molar-refractivity contribution in [2.24, 2.45) is 11.8 Å². The van der Waals surface area contributed by atoms with Gasteiger partial charge in [0, 0.05) is 55.4 Å². The molecule has 4 atom stereocenters. The molecule has 7 heteroatoms. The van der Waals surface area contributed by atoms with E-state index in [-0.39, 0.29) is 48.3 Å². The van der Waals surface area contributed by atoms with E-state index in [0.717, 1.165) is 11.3 Å². The molecule has 0 spiro atoms. The molecule has 3 heterocycles. The number of halogens is 1. The van der Waals surface area contributed by atoms with Gasteiger partial charge >= 0.3 is 0 Å². The second kappa shape index (κ2) is 8.92. The van der Waals surface area contributed by atoms with Crippen LogP contribution in [0.1, 0.15) is 22.9 Å². The average molecular weight is 448 g/mol. The van der Waals surface area contributed by atoms with E-state index in [1.165, 1.54) is 12.1 Å². The summed E-state index contributed by atoms with van der Waals surface area (Å²) in [5.41, 5.74) is 2.16. The molecule has 5 rings (SSSR count). The number of likely N-dealkylation sites (tertiary alicyclic amines) is 1. The van der Waals surface area contributed by atoms with Gasteiger partial charge in [-0.05, 0) is 17.7 Å². The Labute approximate surface area is 191 Å². The number of aromatic nitrogens is 1. The summed E-state index contributed by atoms with van der Waals surface area (Å²) in [6, 6.07) is 20.4.